The van der Waals surface area contributed by atoms with Crippen molar-refractivity contribution in [1.82, 2.24) is 4.90 Å². The fourth-order valence-corrected chi connectivity index (χ4v) is 4.44. The van der Waals surface area contributed by atoms with Crippen LogP contribution in [-0.4, -0.2) is 47.3 Å². The summed E-state index contributed by atoms with van der Waals surface area (Å²) in [5, 5.41) is 0.335. The fraction of sp³-hybridized carbons (Fsp3) is 0.375. The maximum Gasteiger partial charge on any atom is 0.387 e. The molecule has 0 radical (unpaired) electrons. The summed E-state index contributed by atoms with van der Waals surface area (Å²) < 4.78 is 34.7. The Morgan fingerprint density at radius 3 is 2.71 bits per heavy atom. The van der Waals surface area contributed by atoms with Gasteiger partial charge in [-0.2, -0.15) is 8.78 Å². The number of thioether (sulfide) groups is 1. The van der Waals surface area contributed by atoms with Gasteiger partial charge in [-0.3, -0.25) is 14.5 Å². The first-order chi connectivity index (χ1) is 16.4. The molecule has 0 bridgehead atoms. The number of furan rings is 1. The quantitative estimate of drug-likeness (QED) is 0.439. The Hall–Kier alpha value is -3.14. The molecule has 0 saturated heterocycles. The van der Waals surface area contributed by atoms with Gasteiger partial charge in [0.2, 0.25) is 5.91 Å². The zero-order valence-corrected chi connectivity index (χ0v) is 19.5. The molecular weight excluding hydrogens is 464 g/mol. The number of amidine groups is 1. The van der Waals surface area contributed by atoms with Gasteiger partial charge in [0.25, 0.3) is 5.91 Å². The number of halogens is 2. The van der Waals surface area contributed by atoms with Crippen molar-refractivity contribution in [2.45, 2.75) is 32.8 Å². The zero-order valence-electron chi connectivity index (χ0n) is 18.7. The predicted octanol–water partition coefficient (Wildman–Crippen LogP) is 5.01. The highest BCUT2D eigenvalue weighted by Crippen LogP contribution is 2.32. The van der Waals surface area contributed by atoms with Crippen LogP contribution in [0.15, 0.2) is 57.8 Å². The van der Waals surface area contributed by atoms with Crippen LogP contribution in [0.5, 0.6) is 5.75 Å². The van der Waals surface area contributed by atoms with Crippen LogP contribution in [0.1, 0.15) is 31.9 Å². The molecule has 0 N–H and O–H groups in total. The molecule has 0 spiro atoms. The van der Waals surface area contributed by atoms with Crippen molar-refractivity contribution in [3.8, 4) is 5.75 Å². The van der Waals surface area contributed by atoms with E-state index in [0.717, 1.165) is 25.8 Å². The Morgan fingerprint density at radius 2 is 2.09 bits per heavy atom. The zero-order chi connectivity index (χ0) is 24.1. The summed E-state index contributed by atoms with van der Waals surface area (Å²) >= 11 is 1.17. The van der Waals surface area contributed by atoms with E-state index in [1.54, 1.807) is 12.1 Å². The minimum Gasteiger partial charge on any atom is -0.465 e. The van der Waals surface area contributed by atoms with E-state index in [4.69, 9.17) is 4.42 Å². The summed E-state index contributed by atoms with van der Waals surface area (Å²) in [4.78, 5) is 33.8. The molecule has 1 aliphatic heterocycles. The van der Waals surface area contributed by atoms with E-state index in [0.29, 0.717) is 29.1 Å². The highest BCUT2D eigenvalue weighted by molar-refractivity contribution is 8.14. The van der Waals surface area contributed by atoms with Crippen molar-refractivity contribution >= 4 is 40.5 Å². The van der Waals surface area contributed by atoms with Crippen molar-refractivity contribution in [1.29, 1.82) is 0 Å². The molecule has 0 unspecified atom stereocenters. The average Bonchev–Trinajstić information content (AvgIpc) is 3.38. The lowest BCUT2D eigenvalue weighted by atomic mass is 10.2. The van der Waals surface area contributed by atoms with Crippen LogP contribution in [0.25, 0.3) is 6.08 Å². The van der Waals surface area contributed by atoms with E-state index >= 15 is 0 Å². The predicted molar refractivity (Wildman–Crippen MR) is 127 cm³/mol. The van der Waals surface area contributed by atoms with Crippen LogP contribution in [0.2, 0.25) is 0 Å². The molecule has 4 rings (SSSR count). The summed E-state index contributed by atoms with van der Waals surface area (Å²) in [6, 6.07) is 9.11. The fourth-order valence-electron chi connectivity index (χ4n) is 3.52. The molecule has 1 aromatic heterocycles. The third-order valence-electron chi connectivity index (χ3n) is 5.32. The molecule has 0 atom stereocenters. The number of hydrogen-bond donors (Lipinski definition) is 0. The van der Waals surface area contributed by atoms with Gasteiger partial charge in [0.1, 0.15) is 17.2 Å². The van der Waals surface area contributed by atoms with Gasteiger partial charge >= 0.3 is 6.61 Å². The van der Waals surface area contributed by atoms with Gasteiger partial charge in [0, 0.05) is 19.2 Å². The van der Waals surface area contributed by atoms with Crippen LogP contribution in [0, 0.1) is 5.92 Å². The average molecular weight is 490 g/mol. The largest absolute Gasteiger partial charge is 0.465 e. The van der Waals surface area contributed by atoms with Crippen molar-refractivity contribution in [2.75, 3.05) is 23.7 Å². The minimum atomic E-state index is -2.94. The lowest BCUT2D eigenvalue weighted by Crippen LogP contribution is -2.36. The van der Waals surface area contributed by atoms with Crippen molar-refractivity contribution in [3.05, 3.63) is 54.1 Å². The minimum absolute atomic E-state index is 0.00186. The number of benzene rings is 1. The summed E-state index contributed by atoms with van der Waals surface area (Å²) in [5.74, 6) is 0.757. The number of rotatable bonds is 10. The molecule has 2 heterocycles. The Morgan fingerprint density at radius 1 is 1.32 bits per heavy atom. The van der Waals surface area contributed by atoms with E-state index in [1.165, 1.54) is 53.3 Å². The number of amides is 2. The number of carbonyl (C=O) groups is 2. The summed E-state index contributed by atoms with van der Waals surface area (Å²) in [7, 11) is 0. The third kappa shape index (κ3) is 6.05. The van der Waals surface area contributed by atoms with Crippen LogP contribution in [-0.2, 0) is 9.59 Å². The number of nitrogens with zero attached hydrogens (tertiary/aromatic N) is 3. The summed E-state index contributed by atoms with van der Waals surface area (Å²) in [6.07, 6.45) is 6.20. The Kier molecular flexibility index (Phi) is 7.66. The smallest absolute Gasteiger partial charge is 0.387 e. The second-order valence-corrected chi connectivity index (χ2v) is 8.97. The summed E-state index contributed by atoms with van der Waals surface area (Å²) in [6.45, 7) is 0.551. The molecular formula is C24H25F2N3O4S. The molecule has 1 aromatic carbocycles. The maximum absolute atomic E-state index is 13.2. The van der Waals surface area contributed by atoms with Crippen LogP contribution in [0.3, 0.4) is 0 Å². The molecule has 2 amide bonds. The lowest BCUT2D eigenvalue weighted by Gasteiger charge is -2.23. The monoisotopic (exact) mass is 489 g/mol. The number of ether oxygens (including phenoxy) is 1. The molecule has 34 heavy (non-hydrogen) atoms. The van der Waals surface area contributed by atoms with Crippen molar-refractivity contribution < 1.29 is 27.5 Å². The normalized spacial score (nSPS) is 16.9. The second kappa shape index (κ2) is 10.9. The van der Waals surface area contributed by atoms with E-state index in [2.05, 4.69) is 9.73 Å². The number of aliphatic imine (C=N–C) groups is 1. The van der Waals surface area contributed by atoms with Crippen LogP contribution in [0.4, 0.5) is 14.5 Å². The van der Waals surface area contributed by atoms with Gasteiger partial charge in [0.15, 0.2) is 5.17 Å². The molecule has 2 aromatic rings. The number of hydrogen-bond acceptors (Lipinski definition) is 6. The van der Waals surface area contributed by atoms with Crippen molar-refractivity contribution in [3.63, 3.8) is 0 Å². The summed E-state index contributed by atoms with van der Waals surface area (Å²) in [5.41, 5.74) is 0.581. The molecule has 1 aliphatic carbocycles. The number of alkyl halides is 2. The van der Waals surface area contributed by atoms with Crippen molar-refractivity contribution in [2.24, 2.45) is 10.9 Å². The van der Waals surface area contributed by atoms with Crippen LogP contribution >= 0.6 is 11.8 Å². The number of carbonyl (C=O) groups excluding carboxylic acids is 2. The molecule has 1 saturated carbocycles. The van der Waals surface area contributed by atoms with Gasteiger partial charge in [-0.15, -0.1) is 0 Å². The molecule has 1 fully saturated rings. The first-order valence-corrected chi connectivity index (χ1v) is 12.1. The topological polar surface area (TPSA) is 75.4 Å². The molecule has 10 heteroatoms. The maximum atomic E-state index is 13.2. The van der Waals surface area contributed by atoms with E-state index < -0.39 is 12.5 Å². The Bertz CT molecular complexity index is 1070. The highest BCUT2D eigenvalue weighted by Gasteiger charge is 2.33. The van der Waals surface area contributed by atoms with Gasteiger partial charge < -0.3 is 14.1 Å². The van der Waals surface area contributed by atoms with Gasteiger partial charge in [-0.1, -0.05) is 18.7 Å². The third-order valence-corrected chi connectivity index (χ3v) is 6.24. The molecule has 7 nitrogen and oxygen atoms in total. The molecule has 180 valence electrons. The van der Waals surface area contributed by atoms with Gasteiger partial charge in [-0.25, -0.2) is 4.99 Å². The highest BCUT2D eigenvalue weighted by atomic mass is 32.2. The van der Waals surface area contributed by atoms with E-state index in [9.17, 15) is 18.4 Å². The standard InChI is InChI=1S/C24H25F2N3O4S/c1-2-11-28(14-16-5-6-16)21(30)15-34-24-27-20(13-19-4-3-12-32-19)22(31)29(24)17-7-9-18(10-8-17)33-23(25)26/h3-4,7-10,12-13,16,23H,2,5-6,11,14-15H2,1H3/b20-13-. The molecule has 2 aliphatic rings. The second-order valence-electron chi connectivity index (χ2n) is 8.02. The Labute approximate surface area is 200 Å². The first-order valence-electron chi connectivity index (χ1n) is 11.1. The SMILES string of the molecule is CCCN(CC1CC1)C(=O)CSC1=N/C(=C\c2ccco2)C(=O)N1c1ccc(OC(F)F)cc1. The Balaban J connectivity index is 1.54. The van der Waals surface area contributed by atoms with Crippen LogP contribution < -0.4 is 9.64 Å². The first kappa shape index (κ1) is 24.0. The number of anilines is 1. The van der Waals surface area contributed by atoms with E-state index in [1.807, 2.05) is 11.8 Å². The van der Waals surface area contributed by atoms with Gasteiger partial charge in [-0.05, 0) is 61.6 Å². The van der Waals surface area contributed by atoms with Gasteiger partial charge in [0.05, 0.1) is 17.7 Å². The lowest BCUT2D eigenvalue weighted by molar-refractivity contribution is -0.128. The van der Waals surface area contributed by atoms with E-state index in [-0.39, 0.29) is 23.1 Å².